The molecule has 58 valence electrons. The summed E-state index contributed by atoms with van der Waals surface area (Å²) < 4.78 is 0. The Bertz CT molecular complexity index is 278. The third-order valence-corrected chi connectivity index (χ3v) is 2.55. The number of rotatable bonds is 0. The molecule has 2 N–H and O–H groups in total. The molecule has 0 aromatic heterocycles. The van der Waals surface area contributed by atoms with Gasteiger partial charge in [-0.1, -0.05) is 13.0 Å². The van der Waals surface area contributed by atoms with Crippen molar-refractivity contribution < 1.29 is 0 Å². The summed E-state index contributed by atoms with van der Waals surface area (Å²) in [4.78, 5) is 0. The summed E-state index contributed by atoms with van der Waals surface area (Å²) in [5.74, 6) is 0.716. The summed E-state index contributed by atoms with van der Waals surface area (Å²) in [6, 6.07) is 6.28. The maximum absolute atomic E-state index is 5.69. The lowest BCUT2D eigenvalue weighted by molar-refractivity contribution is 0.747. The number of hydrogen-bond acceptors (Lipinski definition) is 1. The molecule has 0 saturated heterocycles. The molecule has 1 nitrogen and oxygen atoms in total. The average molecular weight is 147 g/mol. The van der Waals surface area contributed by atoms with Crippen LogP contribution in [0.15, 0.2) is 18.2 Å². The van der Waals surface area contributed by atoms with Gasteiger partial charge in [-0.2, -0.15) is 0 Å². The van der Waals surface area contributed by atoms with E-state index in [0.717, 1.165) is 5.69 Å². The van der Waals surface area contributed by atoms with Gasteiger partial charge in [-0.25, -0.2) is 0 Å². The molecule has 0 saturated carbocycles. The standard InChI is InChI=1S/C10H13N/c1-7-2-3-8-4-5-9(11)6-10(7)8/h4-7H,2-3,11H2,1H3. The van der Waals surface area contributed by atoms with Crippen LogP contribution in [0, 0.1) is 0 Å². The number of benzene rings is 1. The lowest BCUT2D eigenvalue weighted by Crippen LogP contribution is -1.90. The molecular formula is C10H13N. The molecule has 0 fully saturated rings. The van der Waals surface area contributed by atoms with Gasteiger partial charge in [0, 0.05) is 5.69 Å². The summed E-state index contributed by atoms with van der Waals surface area (Å²) in [6.45, 7) is 2.27. The molecule has 1 unspecified atom stereocenters. The van der Waals surface area contributed by atoms with Crippen molar-refractivity contribution in [3.63, 3.8) is 0 Å². The van der Waals surface area contributed by atoms with E-state index in [1.807, 2.05) is 6.07 Å². The first-order valence-electron chi connectivity index (χ1n) is 4.15. The molecule has 1 heteroatoms. The highest BCUT2D eigenvalue weighted by Gasteiger charge is 2.17. The molecule has 1 aliphatic rings. The topological polar surface area (TPSA) is 26.0 Å². The molecule has 1 aromatic carbocycles. The first-order chi connectivity index (χ1) is 5.27. The van der Waals surface area contributed by atoms with Crippen LogP contribution >= 0.6 is 0 Å². The Morgan fingerprint density at radius 2 is 2.27 bits per heavy atom. The van der Waals surface area contributed by atoms with Crippen LogP contribution < -0.4 is 5.73 Å². The predicted octanol–water partition coefficient (Wildman–Crippen LogP) is 2.32. The second-order valence-electron chi connectivity index (χ2n) is 3.40. The van der Waals surface area contributed by atoms with Crippen LogP contribution in [0.1, 0.15) is 30.4 Å². The van der Waals surface area contributed by atoms with Crippen LogP contribution in [0.25, 0.3) is 0 Å². The van der Waals surface area contributed by atoms with Crippen LogP contribution in [0.5, 0.6) is 0 Å². The van der Waals surface area contributed by atoms with Gasteiger partial charge < -0.3 is 5.73 Å². The number of fused-ring (bicyclic) bond motifs is 1. The van der Waals surface area contributed by atoms with Crippen molar-refractivity contribution in [1.29, 1.82) is 0 Å². The minimum atomic E-state index is 0.716. The zero-order valence-corrected chi connectivity index (χ0v) is 6.80. The van der Waals surface area contributed by atoms with Gasteiger partial charge in [-0.15, -0.1) is 0 Å². The molecule has 11 heavy (non-hydrogen) atoms. The molecule has 0 radical (unpaired) electrons. The van der Waals surface area contributed by atoms with E-state index in [1.54, 1.807) is 0 Å². The summed E-state index contributed by atoms with van der Waals surface area (Å²) >= 11 is 0. The van der Waals surface area contributed by atoms with E-state index in [2.05, 4.69) is 19.1 Å². The van der Waals surface area contributed by atoms with E-state index < -0.39 is 0 Å². The van der Waals surface area contributed by atoms with Crippen molar-refractivity contribution in [1.82, 2.24) is 0 Å². The predicted molar refractivity (Wildman–Crippen MR) is 47.6 cm³/mol. The zero-order valence-electron chi connectivity index (χ0n) is 6.80. The SMILES string of the molecule is CC1CCc2ccc(N)cc21. The second-order valence-corrected chi connectivity index (χ2v) is 3.40. The van der Waals surface area contributed by atoms with Crippen LogP contribution in [0.4, 0.5) is 5.69 Å². The Balaban J connectivity index is 2.52. The summed E-state index contributed by atoms with van der Waals surface area (Å²) in [7, 11) is 0. The molecule has 0 aliphatic heterocycles. The van der Waals surface area contributed by atoms with Crippen LogP contribution in [0.3, 0.4) is 0 Å². The number of nitrogens with two attached hydrogens (primary N) is 1. The zero-order chi connectivity index (χ0) is 7.84. The Labute approximate surface area is 67.2 Å². The highest BCUT2D eigenvalue weighted by Crippen LogP contribution is 2.33. The summed E-state index contributed by atoms with van der Waals surface area (Å²) in [5, 5.41) is 0. The first-order valence-corrected chi connectivity index (χ1v) is 4.15. The second kappa shape index (κ2) is 2.26. The highest BCUT2D eigenvalue weighted by atomic mass is 14.5. The van der Waals surface area contributed by atoms with Gasteiger partial charge in [0.25, 0.3) is 0 Å². The molecule has 1 atom stereocenters. The summed E-state index contributed by atoms with van der Waals surface area (Å²) in [5.41, 5.74) is 9.55. The smallest absolute Gasteiger partial charge is 0.0317 e. The third-order valence-electron chi connectivity index (χ3n) is 2.55. The van der Waals surface area contributed by atoms with Gasteiger partial charge in [0.05, 0.1) is 0 Å². The maximum Gasteiger partial charge on any atom is 0.0317 e. The van der Waals surface area contributed by atoms with E-state index in [0.29, 0.717) is 5.92 Å². The Kier molecular flexibility index (Phi) is 1.38. The van der Waals surface area contributed by atoms with Gasteiger partial charge in [0.15, 0.2) is 0 Å². The van der Waals surface area contributed by atoms with Crippen molar-refractivity contribution in [2.75, 3.05) is 5.73 Å². The average Bonchev–Trinajstić information content (AvgIpc) is 2.33. The Morgan fingerprint density at radius 3 is 3.09 bits per heavy atom. The molecule has 0 bridgehead atoms. The monoisotopic (exact) mass is 147 g/mol. The van der Waals surface area contributed by atoms with Crippen LogP contribution in [-0.4, -0.2) is 0 Å². The van der Waals surface area contributed by atoms with Crippen LogP contribution in [-0.2, 0) is 6.42 Å². The summed E-state index contributed by atoms with van der Waals surface area (Å²) in [6.07, 6.45) is 2.52. The van der Waals surface area contributed by atoms with Gasteiger partial charge >= 0.3 is 0 Å². The molecule has 0 amide bonds. The van der Waals surface area contributed by atoms with Crippen molar-refractivity contribution in [2.45, 2.75) is 25.7 Å². The van der Waals surface area contributed by atoms with Crippen molar-refractivity contribution in [3.05, 3.63) is 29.3 Å². The normalized spacial score (nSPS) is 21.7. The fraction of sp³-hybridized carbons (Fsp3) is 0.400. The molecule has 1 aromatic rings. The van der Waals surface area contributed by atoms with Crippen molar-refractivity contribution in [2.24, 2.45) is 0 Å². The highest BCUT2D eigenvalue weighted by molar-refractivity contribution is 5.47. The van der Waals surface area contributed by atoms with Gasteiger partial charge in [-0.3, -0.25) is 0 Å². The third kappa shape index (κ3) is 1.01. The van der Waals surface area contributed by atoms with Crippen molar-refractivity contribution >= 4 is 5.69 Å². The number of aryl methyl sites for hydroxylation is 1. The van der Waals surface area contributed by atoms with E-state index in [-0.39, 0.29) is 0 Å². The fourth-order valence-electron chi connectivity index (χ4n) is 1.83. The van der Waals surface area contributed by atoms with Gasteiger partial charge in [0.2, 0.25) is 0 Å². The van der Waals surface area contributed by atoms with E-state index in [9.17, 15) is 0 Å². The van der Waals surface area contributed by atoms with Crippen LogP contribution in [0.2, 0.25) is 0 Å². The molecule has 0 heterocycles. The van der Waals surface area contributed by atoms with E-state index in [1.165, 1.54) is 24.0 Å². The van der Waals surface area contributed by atoms with Gasteiger partial charge in [0.1, 0.15) is 0 Å². The number of nitrogen functional groups attached to an aromatic ring is 1. The minimum absolute atomic E-state index is 0.716. The lowest BCUT2D eigenvalue weighted by atomic mass is 10.0. The maximum atomic E-state index is 5.69. The van der Waals surface area contributed by atoms with Crippen molar-refractivity contribution in [3.8, 4) is 0 Å². The number of anilines is 1. The Hall–Kier alpha value is -0.980. The minimum Gasteiger partial charge on any atom is -0.399 e. The van der Waals surface area contributed by atoms with E-state index in [4.69, 9.17) is 5.73 Å². The molecule has 2 rings (SSSR count). The van der Waals surface area contributed by atoms with E-state index >= 15 is 0 Å². The molecule has 0 spiro atoms. The number of hydrogen-bond donors (Lipinski definition) is 1. The fourth-order valence-corrected chi connectivity index (χ4v) is 1.83. The van der Waals surface area contributed by atoms with Gasteiger partial charge in [-0.05, 0) is 42.0 Å². The quantitative estimate of drug-likeness (QED) is 0.560. The largest absolute Gasteiger partial charge is 0.399 e. The molecule has 1 aliphatic carbocycles. The lowest BCUT2D eigenvalue weighted by Gasteiger charge is -2.04. The Morgan fingerprint density at radius 1 is 1.45 bits per heavy atom. The first kappa shape index (κ1) is 6.71. The molecular weight excluding hydrogens is 134 g/mol.